The molecule has 0 bridgehead atoms. The van der Waals surface area contributed by atoms with Crippen LogP contribution in [0.15, 0.2) is 10.3 Å². The molecule has 0 aliphatic heterocycles. The average molecular weight is 110 g/mol. The molecule has 0 aromatic carbocycles. The highest BCUT2D eigenvalue weighted by Crippen LogP contribution is 1.57. The van der Waals surface area contributed by atoms with E-state index in [1.54, 1.807) is 0 Å². The zero-order chi connectivity index (χ0) is 6.24. The van der Waals surface area contributed by atoms with E-state index in [2.05, 4.69) is 10.3 Å². The highest BCUT2D eigenvalue weighted by molar-refractivity contribution is 4.59. The van der Waals surface area contributed by atoms with Gasteiger partial charge in [-0.05, 0) is 10.3 Å². The highest BCUT2D eigenvalue weighted by atomic mass is 15.6. The number of nitrogens with zero attached hydrogens (tertiary/aromatic N) is 4. The molecule has 2 N–H and O–H groups in total. The second kappa shape index (κ2) is 5.18. The zero-order valence-electron chi connectivity index (χ0n) is 3.79. The molecule has 6 nitrogen and oxygen atoms in total. The monoisotopic (exact) mass is 110 g/mol. The minimum absolute atomic E-state index is 1.37. The second-order valence-electron chi connectivity index (χ2n) is 0.649. The average Bonchev–Trinajstić information content (AvgIpc) is 1.81. The maximum absolute atomic E-state index is 7.76. The van der Waals surface area contributed by atoms with Crippen molar-refractivity contribution in [2.75, 3.05) is 0 Å². The van der Waals surface area contributed by atoms with Gasteiger partial charge >= 0.3 is 0 Å². The van der Waals surface area contributed by atoms with E-state index in [4.69, 9.17) is 10.5 Å². The smallest absolute Gasteiger partial charge is 0.219 e. The lowest BCUT2D eigenvalue weighted by Crippen LogP contribution is -2.19. The van der Waals surface area contributed by atoms with Gasteiger partial charge in [0.2, 0.25) is 6.19 Å². The van der Waals surface area contributed by atoms with Crippen LogP contribution >= 0.6 is 0 Å². The molecule has 0 atom stereocenters. The van der Waals surface area contributed by atoms with Gasteiger partial charge in [0.05, 0.1) is 0 Å². The molecule has 0 amide bonds. The van der Waals surface area contributed by atoms with Gasteiger partial charge in [0.1, 0.15) is 0 Å². The van der Waals surface area contributed by atoms with Gasteiger partial charge < -0.3 is 0 Å². The number of nitrogens with one attached hydrogen (secondary N) is 2. The van der Waals surface area contributed by atoms with E-state index >= 15 is 0 Å². The normalized spacial score (nSPS) is 7.25. The van der Waals surface area contributed by atoms with Crippen molar-refractivity contribution in [1.82, 2.24) is 11.0 Å². The third-order valence-electron chi connectivity index (χ3n) is 0.257. The number of rotatable bonds is 2. The fraction of sp³-hybridized carbons (Fsp3) is 0. The van der Waals surface area contributed by atoms with E-state index in [0.717, 1.165) is 0 Å². The first kappa shape index (κ1) is 6.18. The fourth-order valence-corrected chi connectivity index (χ4v) is 0.0974. The van der Waals surface area contributed by atoms with Crippen LogP contribution in [0.4, 0.5) is 0 Å². The van der Waals surface area contributed by atoms with Crippen molar-refractivity contribution in [1.29, 1.82) is 10.5 Å². The predicted octanol–water partition coefficient (Wildman–Crippen LogP) is -0.590. The molecule has 0 aromatic rings. The second-order valence-corrected chi connectivity index (χ2v) is 0.649. The number of hydrazine groups is 1. The van der Waals surface area contributed by atoms with Crippen LogP contribution in [0.2, 0.25) is 0 Å². The van der Waals surface area contributed by atoms with Crippen LogP contribution in [-0.2, 0) is 0 Å². The first-order valence-electron chi connectivity index (χ1n) is 1.59. The lowest BCUT2D eigenvalue weighted by atomic mass is 11.4. The van der Waals surface area contributed by atoms with Crippen LogP contribution in [0.25, 0.3) is 0 Å². The largest absolute Gasteiger partial charge is 0.227 e. The van der Waals surface area contributed by atoms with Crippen molar-refractivity contribution in [3.05, 3.63) is 0 Å². The highest BCUT2D eigenvalue weighted by Gasteiger charge is 1.65. The Morgan fingerprint density at radius 2 is 2.12 bits per heavy atom. The molecule has 6 heteroatoms. The van der Waals surface area contributed by atoms with E-state index < -0.39 is 0 Å². The lowest BCUT2D eigenvalue weighted by molar-refractivity contribution is 0.641. The summed E-state index contributed by atoms with van der Waals surface area (Å²) in [6, 6.07) is 0. The Morgan fingerprint density at radius 1 is 1.38 bits per heavy atom. The Kier molecular flexibility index (Phi) is 4.00. The molecular weight excluding hydrogens is 108 g/mol. The lowest BCUT2D eigenvalue weighted by Gasteiger charge is -1.84. The van der Waals surface area contributed by atoms with Crippen LogP contribution in [-0.4, -0.2) is 0 Å². The molecule has 0 heterocycles. The summed E-state index contributed by atoms with van der Waals surface area (Å²) in [5.41, 5.74) is 3.89. The summed E-state index contributed by atoms with van der Waals surface area (Å²) >= 11 is 0. The summed E-state index contributed by atoms with van der Waals surface area (Å²) in [4.78, 5) is 0. The molecule has 0 unspecified atom stereocenters. The summed E-state index contributed by atoms with van der Waals surface area (Å²) in [6.45, 7) is 0. The van der Waals surface area contributed by atoms with E-state index in [1.165, 1.54) is 12.4 Å². The third-order valence-corrected chi connectivity index (χ3v) is 0.257. The summed E-state index contributed by atoms with van der Waals surface area (Å²) in [5, 5.41) is 21.2. The number of hydrogen-bond acceptors (Lipinski definition) is 5. The molecule has 0 saturated heterocycles. The van der Waals surface area contributed by atoms with Crippen molar-refractivity contribution in [3.8, 4) is 12.4 Å². The van der Waals surface area contributed by atoms with Crippen LogP contribution in [0.5, 0.6) is 0 Å². The molecule has 40 valence electrons. The molecule has 0 saturated carbocycles. The number of nitriles is 2. The quantitative estimate of drug-likeness (QED) is 0.163. The van der Waals surface area contributed by atoms with E-state index in [0.29, 0.717) is 0 Å². The SMILES string of the molecule is N#CN=NNNC#N. The van der Waals surface area contributed by atoms with Gasteiger partial charge in [-0.2, -0.15) is 16.1 Å². The van der Waals surface area contributed by atoms with Gasteiger partial charge in [-0.25, -0.2) is 5.43 Å². The van der Waals surface area contributed by atoms with Crippen molar-refractivity contribution in [3.63, 3.8) is 0 Å². The summed E-state index contributed by atoms with van der Waals surface area (Å²) in [6.07, 6.45) is 2.88. The maximum atomic E-state index is 7.76. The first-order chi connectivity index (χ1) is 3.91. The molecule has 0 spiro atoms. The van der Waals surface area contributed by atoms with Gasteiger partial charge in [-0.1, -0.05) is 0 Å². The van der Waals surface area contributed by atoms with Crippen LogP contribution < -0.4 is 11.0 Å². The van der Waals surface area contributed by atoms with Crippen LogP contribution in [0.1, 0.15) is 0 Å². The predicted molar refractivity (Wildman–Crippen MR) is 22.4 cm³/mol. The Bertz CT molecular complexity index is 145. The van der Waals surface area contributed by atoms with Crippen LogP contribution in [0, 0.1) is 22.9 Å². The number of hydrogen-bond donors (Lipinski definition) is 2. The molecule has 0 rings (SSSR count). The van der Waals surface area contributed by atoms with E-state index in [-0.39, 0.29) is 0 Å². The molecular formula is C2H2N6. The van der Waals surface area contributed by atoms with Gasteiger partial charge in [-0.3, -0.25) is 0 Å². The Hall–Kier alpha value is -1.82. The van der Waals surface area contributed by atoms with Crippen molar-refractivity contribution in [2.45, 2.75) is 0 Å². The Labute approximate surface area is 45.4 Å². The molecule has 0 aromatic heterocycles. The van der Waals surface area contributed by atoms with Crippen molar-refractivity contribution >= 4 is 0 Å². The Balaban J connectivity index is 3.10. The standard InChI is InChI=1S/C2H2N6/c3-1-5-7-8-6-2-4/h(H,5,8)(H,6,7). The van der Waals surface area contributed by atoms with E-state index in [9.17, 15) is 0 Å². The first-order valence-corrected chi connectivity index (χ1v) is 1.59. The molecule has 0 aliphatic carbocycles. The zero-order valence-corrected chi connectivity index (χ0v) is 3.79. The Morgan fingerprint density at radius 3 is 2.62 bits per heavy atom. The third kappa shape index (κ3) is 4.18. The van der Waals surface area contributed by atoms with Crippen molar-refractivity contribution in [2.24, 2.45) is 10.3 Å². The molecule has 0 aliphatic rings. The van der Waals surface area contributed by atoms with Gasteiger partial charge in [0.15, 0.2) is 6.19 Å². The fourth-order valence-electron chi connectivity index (χ4n) is 0.0974. The van der Waals surface area contributed by atoms with Gasteiger partial charge in [-0.15, -0.1) is 0 Å². The van der Waals surface area contributed by atoms with Crippen LogP contribution in [0.3, 0.4) is 0 Å². The summed E-state index contributed by atoms with van der Waals surface area (Å²) in [7, 11) is 0. The summed E-state index contributed by atoms with van der Waals surface area (Å²) < 4.78 is 0. The molecule has 0 fully saturated rings. The minimum atomic E-state index is 1.37. The topological polar surface area (TPSA) is 96.4 Å². The molecule has 8 heavy (non-hydrogen) atoms. The van der Waals surface area contributed by atoms with Gasteiger partial charge in [0, 0.05) is 0 Å². The van der Waals surface area contributed by atoms with Gasteiger partial charge in [0.25, 0.3) is 0 Å². The van der Waals surface area contributed by atoms with E-state index in [1.807, 2.05) is 11.0 Å². The molecule has 0 radical (unpaired) electrons. The minimum Gasteiger partial charge on any atom is -0.219 e. The van der Waals surface area contributed by atoms with Crippen molar-refractivity contribution < 1.29 is 0 Å². The maximum Gasteiger partial charge on any atom is 0.227 e. The summed E-state index contributed by atoms with van der Waals surface area (Å²) in [5.74, 6) is 0.